The molecule has 0 aliphatic carbocycles. The van der Waals surface area contributed by atoms with Crippen molar-refractivity contribution < 1.29 is 5.11 Å². The molecule has 0 radical (unpaired) electrons. The zero-order valence-corrected chi connectivity index (χ0v) is 20.9. The lowest BCUT2D eigenvalue weighted by atomic mass is 9.96. The highest BCUT2D eigenvalue weighted by Gasteiger charge is 2.43. The number of hydrogen-bond acceptors (Lipinski definition) is 3. The highest BCUT2D eigenvalue weighted by atomic mass is 35.5. The first-order valence-electron chi connectivity index (χ1n) is 10.8. The lowest BCUT2D eigenvalue weighted by Crippen LogP contribution is -2.29. The van der Waals surface area contributed by atoms with Gasteiger partial charge < -0.3 is 19.9 Å². The molecule has 1 aliphatic rings. The number of nitrogens with one attached hydrogen (secondary N) is 1. The molecule has 3 heterocycles. The Morgan fingerprint density at radius 1 is 0.971 bits per heavy atom. The predicted molar refractivity (Wildman–Crippen MR) is 141 cm³/mol. The summed E-state index contributed by atoms with van der Waals surface area (Å²) in [7, 11) is 0. The molecule has 1 saturated heterocycles. The molecule has 2 aromatic carbocycles. The van der Waals surface area contributed by atoms with Gasteiger partial charge in [0.05, 0.1) is 34.2 Å². The number of halogens is 2. The number of thiocarbonyl (C=S) groups is 1. The van der Waals surface area contributed by atoms with E-state index < -0.39 is 0 Å². The monoisotopic (exact) mass is 508 g/mol. The van der Waals surface area contributed by atoms with Crippen LogP contribution in [0.2, 0.25) is 10.0 Å². The molecule has 5 nitrogen and oxygen atoms in total. The molecule has 0 spiro atoms. The Balaban J connectivity index is 1.72. The van der Waals surface area contributed by atoms with E-state index in [1.54, 1.807) is 24.4 Å². The van der Waals surface area contributed by atoms with E-state index in [-0.39, 0.29) is 17.8 Å². The first-order valence-corrected chi connectivity index (χ1v) is 12.0. The van der Waals surface area contributed by atoms with Crippen molar-refractivity contribution >= 4 is 46.2 Å². The zero-order valence-electron chi connectivity index (χ0n) is 18.5. The summed E-state index contributed by atoms with van der Waals surface area (Å²) in [5, 5.41) is 15.8. The molecule has 8 heteroatoms. The summed E-state index contributed by atoms with van der Waals surface area (Å²) < 4.78 is 2.14. The minimum absolute atomic E-state index is 0.0973. The predicted octanol–water partition coefficient (Wildman–Crippen LogP) is 6.68. The van der Waals surface area contributed by atoms with Crippen LogP contribution in [0.4, 0.5) is 5.69 Å². The molecule has 1 aliphatic heterocycles. The molecule has 1 fully saturated rings. The molecule has 0 bridgehead atoms. The van der Waals surface area contributed by atoms with E-state index in [9.17, 15) is 5.11 Å². The number of rotatable bonds is 4. The second-order valence-corrected chi connectivity index (χ2v) is 9.47. The fourth-order valence-corrected chi connectivity index (χ4v) is 5.44. The summed E-state index contributed by atoms with van der Waals surface area (Å²) in [6.45, 7) is 4.12. The SMILES string of the molecule is Cc1cc([C@@H]2[C@@H](c3ccccn3)NC(=S)N2c2cc(Cl)ccc2O)c(C)n1-c1ccccc1Cl. The Morgan fingerprint density at radius 2 is 1.74 bits per heavy atom. The van der Waals surface area contributed by atoms with Crippen LogP contribution in [0.15, 0.2) is 72.9 Å². The Labute approximate surface area is 213 Å². The third-order valence-corrected chi connectivity index (χ3v) is 7.05. The van der Waals surface area contributed by atoms with Gasteiger partial charge in [0.1, 0.15) is 5.75 Å². The van der Waals surface area contributed by atoms with E-state index in [2.05, 4.69) is 34.8 Å². The minimum Gasteiger partial charge on any atom is -0.506 e. The van der Waals surface area contributed by atoms with Crippen molar-refractivity contribution in [2.45, 2.75) is 25.9 Å². The second kappa shape index (κ2) is 8.95. The van der Waals surface area contributed by atoms with Crippen molar-refractivity contribution in [1.82, 2.24) is 14.9 Å². The smallest absolute Gasteiger partial charge is 0.174 e. The van der Waals surface area contributed by atoms with Gasteiger partial charge in [0.25, 0.3) is 0 Å². The van der Waals surface area contributed by atoms with Gasteiger partial charge in [0.15, 0.2) is 5.11 Å². The molecule has 0 saturated carbocycles. The average Bonchev–Trinajstić information content (AvgIpc) is 3.32. The van der Waals surface area contributed by atoms with Crippen LogP contribution < -0.4 is 10.2 Å². The maximum atomic E-state index is 10.8. The van der Waals surface area contributed by atoms with E-state index in [4.69, 9.17) is 35.4 Å². The number of phenolic OH excluding ortho intramolecular Hbond substituents is 1. The lowest BCUT2D eigenvalue weighted by molar-refractivity contribution is 0.472. The number of nitrogens with zero attached hydrogens (tertiary/aromatic N) is 3. The second-order valence-electron chi connectivity index (χ2n) is 8.24. The van der Waals surface area contributed by atoms with Gasteiger partial charge in [-0.2, -0.15) is 0 Å². The number of benzene rings is 2. The number of para-hydroxylation sites is 1. The molecular weight excluding hydrogens is 487 g/mol. The van der Waals surface area contributed by atoms with Crippen LogP contribution in [0.1, 0.15) is 34.7 Å². The van der Waals surface area contributed by atoms with Crippen LogP contribution in [0, 0.1) is 13.8 Å². The van der Waals surface area contributed by atoms with E-state index in [1.165, 1.54) is 0 Å². The Morgan fingerprint density at radius 3 is 2.47 bits per heavy atom. The van der Waals surface area contributed by atoms with Crippen molar-refractivity contribution in [3.05, 3.63) is 106 Å². The zero-order chi connectivity index (χ0) is 24.0. The van der Waals surface area contributed by atoms with E-state index >= 15 is 0 Å². The maximum absolute atomic E-state index is 10.8. The Bertz CT molecular complexity index is 1390. The molecule has 5 rings (SSSR count). The number of pyridine rings is 1. The number of anilines is 1. The minimum atomic E-state index is -0.283. The van der Waals surface area contributed by atoms with Gasteiger partial charge in [-0.3, -0.25) is 4.98 Å². The molecule has 2 atom stereocenters. The molecule has 0 amide bonds. The highest BCUT2D eigenvalue weighted by Crippen LogP contribution is 2.46. The van der Waals surface area contributed by atoms with Crippen LogP contribution in [-0.2, 0) is 0 Å². The molecule has 4 aromatic rings. The van der Waals surface area contributed by atoms with Crippen molar-refractivity contribution in [2.24, 2.45) is 0 Å². The van der Waals surface area contributed by atoms with Crippen molar-refractivity contribution in [2.75, 3.05) is 4.90 Å². The largest absolute Gasteiger partial charge is 0.506 e. The standard InChI is InChI=1S/C26H22Cl2N4OS/c1-15-13-18(16(2)31(15)21-9-4-3-7-19(21)28)25-24(20-8-5-6-12-29-20)30-26(34)32(25)22-14-17(27)10-11-23(22)33/h3-14,24-25,33H,1-2H3,(H,30,34)/t24-,25-/m1/s1. The van der Waals surface area contributed by atoms with Crippen LogP contribution in [0.3, 0.4) is 0 Å². The molecule has 2 aromatic heterocycles. The topological polar surface area (TPSA) is 53.3 Å². The first kappa shape index (κ1) is 22.7. The third-order valence-electron chi connectivity index (χ3n) is 6.18. The van der Waals surface area contributed by atoms with Crippen LogP contribution in [0.5, 0.6) is 5.75 Å². The fourth-order valence-electron chi connectivity index (χ4n) is 4.71. The third kappa shape index (κ3) is 3.82. The molecular formula is C26H22Cl2N4OS. The van der Waals surface area contributed by atoms with Gasteiger partial charge in [-0.15, -0.1) is 0 Å². The first-order chi connectivity index (χ1) is 16.4. The van der Waals surface area contributed by atoms with Crippen LogP contribution in [0.25, 0.3) is 5.69 Å². The molecule has 0 unspecified atom stereocenters. The quantitative estimate of drug-likeness (QED) is 0.301. The Hall–Kier alpha value is -3.06. The number of hydrogen-bond donors (Lipinski definition) is 2. The van der Waals surface area contributed by atoms with Gasteiger partial charge >= 0.3 is 0 Å². The number of aromatic hydroxyl groups is 1. The van der Waals surface area contributed by atoms with Crippen molar-refractivity contribution in [1.29, 1.82) is 0 Å². The Kier molecular flexibility index (Phi) is 5.98. The summed E-state index contributed by atoms with van der Waals surface area (Å²) >= 11 is 18.7. The molecule has 172 valence electrons. The summed E-state index contributed by atoms with van der Waals surface area (Å²) in [4.78, 5) is 6.53. The highest BCUT2D eigenvalue weighted by molar-refractivity contribution is 7.80. The number of phenols is 1. The van der Waals surface area contributed by atoms with Crippen LogP contribution >= 0.6 is 35.4 Å². The maximum Gasteiger partial charge on any atom is 0.174 e. The van der Waals surface area contributed by atoms with Gasteiger partial charge in [-0.05, 0) is 80.2 Å². The van der Waals surface area contributed by atoms with Gasteiger partial charge in [0.2, 0.25) is 0 Å². The van der Waals surface area contributed by atoms with Gasteiger partial charge in [0, 0.05) is 22.6 Å². The normalized spacial score (nSPS) is 17.8. The summed E-state index contributed by atoms with van der Waals surface area (Å²) in [6.07, 6.45) is 1.77. The summed E-state index contributed by atoms with van der Waals surface area (Å²) in [5.41, 5.74) is 5.39. The molecule has 34 heavy (non-hydrogen) atoms. The lowest BCUT2D eigenvalue weighted by Gasteiger charge is -2.28. The summed E-state index contributed by atoms with van der Waals surface area (Å²) in [5.74, 6) is 0.0973. The van der Waals surface area contributed by atoms with Gasteiger partial charge in [-0.1, -0.05) is 41.4 Å². The fraction of sp³-hybridized carbons (Fsp3) is 0.154. The molecule has 2 N–H and O–H groups in total. The summed E-state index contributed by atoms with van der Waals surface area (Å²) in [6, 6.07) is 20.2. The average molecular weight is 509 g/mol. The van der Waals surface area contributed by atoms with E-state index in [0.717, 1.165) is 28.3 Å². The van der Waals surface area contributed by atoms with Crippen LogP contribution in [-0.4, -0.2) is 19.8 Å². The van der Waals surface area contributed by atoms with E-state index in [1.807, 2.05) is 47.4 Å². The van der Waals surface area contributed by atoms with E-state index in [0.29, 0.717) is 20.8 Å². The van der Waals surface area contributed by atoms with Gasteiger partial charge in [-0.25, -0.2) is 0 Å². The number of aromatic nitrogens is 2. The number of aryl methyl sites for hydroxylation is 1. The van der Waals surface area contributed by atoms with Crippen molar-refractivity contribution in [3.63, 3.8) is 0 Å². The van der Waals surface area contributed by atoms with Crippen molar-refractivity contribution in [3.8, 4) is 11.4 Å².